The molecule has 128 valence electrons. The summed E-state index contributed by atoms with van der Waals surface area (Å²) in [5.41, 5.74) is 4.76. The molecule has 1 aromatic rings. The maximum absolute atomic E-state index is 14.1. The zero-order chi connectivity index (χ0) is 17.0. The van der Waals surface area contributed by atoms with Gasteiger partial charge in [-0.3, -0.25) is 4.79 Å². The first-order valence-electron chi connectivity index (χ1n) is 7.88. The van der Waals surface area contributed by atoms with Crippen molar-refractivity contribution < 1.29 is 9.18 Å². The van der Waals surface area contributed by atoms with Crippen LogP contribution < -0.4 is 20.9 Å². The molecule has 0 aromatic carbocycles. The van der Waals surface area contributed by atoms with Crippen LogP contribution in [0, 0.1) is 11.2 Å². The first kappa shape index (κ1) is 17.4. The molecule has 0 saturated carbocycles. The highest BCUT2D eigenvalue weighted by atomic mass is 19.1. The van der Waals surface area contributed by atoms with Gasteiger partial charge in [0.2, 0.25) is 11.9 Å². The fourth-order valence-electron chi connectivity index (χ4n) is 2.65. The molecule has 0 unspecified atom stereocenters. The number of nitrogens with one attached hydrogen (secondary N) is 1. The number of hydrogen-bond donors (Lipinski definition) is 2. The Labute approximate surface area is 136 Å². The zero-order valence-corrected chi connectivity index (χ0v) is 14.0. The number of nitrogens with zero attached hydrogens (tertiary/aromatic N) is 4. The largest absolute Gasteiger partial charge is 0.369 e. The van der Waals surface area contributed by atoms with Gasteiger partial charge in [0, 0.05) is 32.7 Å². The molecular formula is C15H25FN6O. The number of hydrogen-bond acceptors (Lipinski definition) is 6. The van der Waals surface area contributed by atoms with Crippen molar-refractivity contribution in [3.8, 4) is 0 Å². The van der Waals surface area contributed by atoms with Gasteiger partial charge in [0.25, 0.3) is 0 Å². The van der Waals surface area contributed by atoms with Gasteiger partial charge in [-0.15, -0.1) is 0 Å². The number of nitrogens with two attached hydrogens (primary N) is 1. The molecule has 2 rings (SSSR count). The van der Waals surface area contributed by atoms with Gasteiger partial charge in [-0.1, -0.05) is 6.92 Å². The topological polar surface area (TPSA) is 87.4 Å². The van der Waals surface area contributed by atoms with E-state index >= 15 is 0 Å². The summed E-state index contributed by atoms with van der Waals surface area (Å²) in [4.78, 5) is 23.6. The minimum Gasteiger partial charge on any atom is -0.369 e. The standard InChI is InChI=1S/C15H25FN6O/c1-4-6-21(7-5-18-3)14-19-8-11(16)12(20-14)22-9-15(2,10-22)13(17)23/h8,18H,4-7,9-10H2,1-3H3,(H2,17,23). The Kier molecular flexibility index (Phi) is 5.35. The van der Waals surface area contributed by atoms with Crippen molar-refractivity contribution in [2.75, 3.05) is 49.6 Å². The van der Waals surface area contributed by atoms with E-state index in [1.807, 2.05) is 11.9 Å². The molecule has 23 heavy (non-hydrogen) atoms. The number of amides is 1. The van der Waals surface area contributed by atoms with Crippen molar-refractivity contribution in [3.05, 3.63) is 12.0 Å². The van der Waals surface area contributed by atoms with Crippen molar-refractivity contribution in [1.29, 1.82) is 0 Å². The third-order valence-electron chi connectivity index (χ3n) is 4.10. The molecule has 8 heteroatoms. The molecule has 1 aromatic heterocycles. The van der Waals surface area contributed by atoms with E-state index in [-0.39, 0.29) is 11.7 Å². The molecule has 0 atom stereocenters. The molecule has 7 nitrogen and oxygen atoms in total. The minimum absolute atomic E-state index is 0.235. The quantitative estimate of drug-likeness (QED) is 0.718. The first-order valence-corrected chi connectivity index (χ1v) is 7.88. The van der Waals surface area contributed by atoms with Gasteiger partial charge in [0.1, 0.15) is 0 Å². The average molecular weight is 324 g/mol. The number of halogens is 1. The fraction of sp³-hybridized carbons (Fsp3) is 0.667. The van der Waals surface area contributed by atoms with Crippen LogP contribution in [0.1, 0.15) is 20.3 Å². The van der Waals surface area contributed by atoms with Crippen LogP contribution in [0.3, 0.4) is 0 Å². The lowest BCUT2D eigenvalue weighted by Crippen LogP contribution is -2.61. The van der Waals surface area contributed by atoms with Crippen LogP contribution in [-0.4, -0.2) is 55.6 Å². The van der Waals surface area contributed by atoms with E-state index in [1.165, 1.54) is 6.20 Å². The summed E-state index contributed by atoms with van der Waals surface area (Å²) >= 11 is 0. The van der Waals surface area contributed by atoms with Gasteiger partial charge in [0.05, 0.1) is 11.6 Å². The molecule has 0 aliphatic carbocycles. The lowest BCUT2D eigenvalue weighted by atomic mass is 9.81. The van der Waals surface area contributed by atoms with Gasteiger partial charge in [-0.05, 0) is 20.4 Å². The van der Waals surface area contributed by atoms with Crippen LogP contribution in [0.25, 0.3) is 0 Å². The average Bonchev–Trinajstić information content (AvgIpc) is 2.49. The second kappa shape index (κ2) is 7.08. The maximum Gasteiger partial charge on any atom is 0.227 e. The summed E-state index contributed by atoms with van der Waals surface area (Å²) in [5, 5.41) is 3.09. The second-order valence-electron chi connectivity index (χ2n) is 6.21. The van der Waals surface area contributed by atoms with Crippen molar-refractivity contribution in [2.45, 2.75) is 20.3 Å². The van der Waals surface area contributed by atoms with Crippen LogP contribution in [0.4, 0.5) is 16.2 Å². The number of likely N-dealkylation sites (N-methyl/N-ethyl adjacent to an activating group) is 1. The Hall–Kier alpha value is -1.96. The Morgan fingerprint density at radius 1 is 1.52 bits per heavy atom. The molecule has 0 spiro atoms. The summed E-state index contributed by atoms with van der Waals surface area (Å²) in [7, 11) is 1.88. The highest BCUT2D eigenvalue weighted by Crippen LogP contribution is 2.34. The summed E-state index contributed by atoms with van der Waals surface area (Å²) in [6.07, 6.45) is 2.14. The molecule has 0 bridgehead atoms. The smallest absolute Gasteiger partial charge is 0.227 e. The van der Waals surface area contributed by atoms with E-state index in [0.29, 0.717) is 19.0 Å². The first-order chi connectivity index (χ1) is 10.9. The second-order valence-corrected chi connectivity index (χ2v) is 6.21. The Morgan fingerprint density at radius 2 is 2.22 bits per heavy atom. The van der Waals surface area contributed by atoms with Gasteiger partial charge in [-0.2, -0.15) is 4.98 Å². The number of carbonyl (C=O) groups is 1. The number of rotatable bonds is 8. The predicted molar refractivity (Wildman–Crippen MR) is 87.9 cm³/mol. The highest BCUT2D eigenvalue weighted by Gasteiger charge is 2.45. The lowest BCUT2D eigenvalue weighted by Gasteiger charge is -2.46. The Bertz CT molecular complexity index is 561. The predicted octanol–water partition coefficient (Wildman–Crippen LogP) is 0.363. The van der Waals surface area contributed by atoms with Crippen molar-refractivity contribution in [3.63, 3.8) is 0 Å². The highest BCUT2D eigenvalue weighted by molar-refractivity contribution is 5.84. The van der Waals surface area contributed by atoms with E-state index in [4.69, 9.17) is 5.73 Å². The fourth-order valence-corrected chi connectivity index (χ4v) is 2.65. The molecule has 0 radical (unpaired) electrons. The van der Waals surface area contributed by atoms with Crippen molar-refractivity contribution >= 4 is 17.7 Å². The molecule has 1 aliphatic heterocycles. The van der Waals surface area contributed by atoms with E-state index < -0.39 is 11.2 Å². The Balaban J connectivity index is 2.17. The van der Waals surface area contributed by atoms with Gasteiger partial charge < -0.3 is 20.9 Å². The monoisotopic (exact) mass is 324 g/mol. The van der Waals surface area contributed by atoms with Gasteiger partial charge in [0.15, 0.2) is 11.6 Å². The minimum atomic E-state index is -0.618. The van der Waals surface area contributed by atoms with E-state index in [1.54, 1.807) is 11.8 Å². The molecule has 2 heterocycles. The summed E-state index contributed by atoms with van der Waals surface area (Å²) in [6.45, 7) is 6.94. The summed E-state index contributed by atoms with van der Waals surface area (Å²) in [5.74, 6) is -0.110. The third kappa shape index (κ3) is 3.69. The zero-order valence-electron chi connectivity index (χ0n) is 14.0. The van der Waals surface area contributed by atoms with Gasteiger partial charge in [-0.25, -0.2) is 9.37 Å². The van der Waals surface area contributed by atoms with Gasteiger partial charge >= 0.3 is 0 Å². The number of carbonyl (C=O) groups excluding carboxylic acids is 1. The van der Waals surface area contributed by atoms with Crippen LogP contribution >= 0.6 is 0 Å². The molecule has 1 aliphatic rings. The molecule has 1 fully saturated rings. The van der Waals surface area contributed by atoms with Crippen LogP contribution in [0.2, 0.25) is 0 Å². The number of aromatic nitrogens is 2. The molecule has 3 N–H and O–H groups in total. The third-order valence-corrected chi connectivity index (χ3v) is 4.10. The van der Waals surface area contributed by atoms with Crippen molar-refractivity contribution in [2.24, 2.45) is 11.1 Å². The van der Waals surface area contributed by atoms with E-state index in [9.17, 15) is 9.18 Å². The number of anilines is 2. The Morgan fingerprint density at radius 3 is 2.78 bits per heavy atom. The maximum atomic E-state index is 14.1. The van der Waals surface area contributed by atoms with Crippen LogP contribution in [-0.2, 0) is 4.79 Å². The molecule has 1 amide bonds. The SMILES string of the molecule is CCCN(CCNC)c1ncc(F)c(N2CC(C)(C(N)=O)C2)n1. The van der Waals surface area contributed by atoms with Crippen molar-refractivity contribution in [1.82, 2.24) is 15.3 Å². The summed E-state index contributed by atoms with van der Waals surface area (Å²) < 4.78 is 14.1. The molecular weight excluding hydrogens is 299 g/mol. The molecule has 1 saturated heterocycles. The summed E-state index contributed by atoms with van der Waals surface area (Å²) in [6, 6.07) is 0. The number of primary amides is 1. The van der Waals surface area contributed by atoms with Crippen LogP contribution in [0.15, 0.2) is 6.20 Å². The van der Waals surface area contributed by atoms with Crippen LogP contribution in [0.5, 0.6) is 0 Å². The van der Waals surface area contributed by atoms with E-state index in [2.05, 4.69) is 22.2 Å². The normalized spacial score (nSPS) is 16.1. The lowest BCUT2D eigenvalue weighted by molar-refractivity contribution is -0.128. The van der Waals surface area contributed by atoms with E-state index in [0.717, 1.165) is 26.1 Å².